The van der Waals surface area contributed by atoms with E-state index in [9.17, 15) is 14.3 Å². The van der Waals surface area contributed by atoms with Crippen LogP contribution >= 0.6 is 0 Å². The lowest BCUT2D eigenvalue weighted by molar-refractivity contribution is 0.0986. The molecular formula is C15H11FN2O2. The highest BCUT2D eigenvalue weighted by atomic mass is 19.1. The molecule has 0 saturated carbocycles. The Morgan fingerprint density at radius 3 is 2.45 bits per heavy atom. The minimum absolute atomic E-state index is 0.376. The Bertz CT molecular complexity index is 670. The smallest absolute Gasteiger partial charge is 0.264 e. The van der Waals surface area contributed by atoms with E-state index >= 15 is 0 Å². The van der Waals surface area contributed by atoms with Crippen LogP contribution in [0.1, 0.15) is 15.9 Å². The fraction of sp³-hybridized carbons (Fsp3) is 0.0667. The normalized spacial score (nSPS) is 9.85. The van der Waals surface area contributed by atoms with Gasteiger partial charge < -0.3 is 10.0 Å². The molecule has 1 amide bonds. The van der Waals surface area contributed by atoms with E-state index in [1.54, 1.807) is 24.3 Å². The first-order valence-corrected chi connectivity index (χ1v) is 5.80. The maximum absolute atomic E-state index is 13.6. The summed E-state index contributed by atoms with van der Waals surface area (Å²) in [6.45, 7) is 0. The fourth-order valence-corrected chi connectivity index (χ4v) is 1.77. The van der Waals surface area contributed by atoms with Crippen LogP contribution in [0.4, 0.5) is 10.1 Å². The van der Waals surface area contributed by atoms with Crippen LogP contribution in [0, 0.1) is 17.1 Å². The highest BCUT2D eigenvalue weighted by molar-refractivity contribution is 6.07. The van der Waals surface area contributed by atoms with Crippen LogP contribution < -0.4 is 4.90 Å². The second-order valence-corrected chi connectivity index (χ2v) is 4.16. The minimum Gasteiger partial charge on any atom is -0.507 e. The Balaban J connectivity index is 2.35. The standard InChI is InChI=1S/C15H11FN2O2/c1-18(11-7-5-10(9-17)6-8-11)15(20)14-12(16)3-2-4-13(14)19/h2-8,19H,1H3. The van der Waals surface area contributed by atoms with E-state index in [4.69, 9.17) is 5.26 Å². The Morgan fingerprint density at radius 2 is 1.90 bits per heavy atom. The van der Waals surface area contributed by atoms with Gasteiger partial charge >= 0.3 is 0 Å². The molecule has 0 atom stereocenters. The predicted octanol–water partition coefficient (Wildman–Crippen LogP) is 2.68. The Labute approximate surface area is 115 Å². The lowest BCUT2D eigenvalue weighted by Gasteiger charge is -2.18. The fourth-order valence-electron chi connectivity index (χ4n) is 1.77. The van der Waals surface area contributed by atoms with Crippen molar-refractivity contribution in [2.24, 2.45) is 0 Å². The number of phenols is 1. The summed E-state index contributed by atoms with van der Waals surface area (Å²) in [7, 11) is 1.47. The van der Waals surface area contributed by atoms with E-state index in [0.29, 0.717) is 11.3 Å². The summed E-state index contributed by atoms with van der Waals surface area (Å²) in [6, 6.07) is 11.9. The number of halogens is 1. The molecule has 2 rings (SSSR count). The molecule has 0 spiro atoms. The molecule has 0 saturated heterocycles. The van der Waals surface area contributed by atoms with E-state index in [0.717, 1.165) is 6.07 Å². The molecule has 0 fully saturated rings. The summed E-state index contributed by atoms with van der Waals surface area (Å²) < 4.78 is 13.6. The van der Waals surface area contributed by atoms with Crippen LogP contribution in [0.25, 0.3) is 0 Å². The van der Waals surface area contributed by atoms with Crippen LogP contribution in [0.3, 0.4) is 0 Å². The van der Waals surface area contributed by atoms with Gasteiger partial charge in [0.25, 0.3) is 5.91 Å². The molecule has 0 aromatic heterocycles. The highest BCUT2D eigenvalue weighted by Gasteiger charge is 2.21. The number of anilines is 1. The molecule has 0 aliphatic carbocycles. The number of phenolic OH excluding ortho intramolecular Hbond substituents is 1. The molecular weight excluding hydrogens is 259 g/mol. The topological polar surface area (TPSA) is 64.3 Å². The Morgan fingerprint density at radius 1 is 1.25 bits per heavy atom. The first-order chi connectivity index (χ1) is 9.54. The van der Waals surface area contributed by atoms with Gasteiger partial charge in [-0.25, -0.2) is 4.39 Å². The first-order valence-electron chi connectivity index (χ1n) is 5.80. The van der Waals surface area contributed by atoms with E-state index in [1.165, 1.54) is 24.1 Å². The number of carbonyl (C=O) groups excluding carboxylic acids is 1. The molecule has 4 nitrogen and oxygen atoms in total. The molecule has 0 unspecified atom stereocenters. The zero-order chi connectivity index (χ0) is 14.7. The maximum Gasteiger partial charge on any atom is 0.264 e. The van der Waals surface area contributed by atoms with Crippen LogP contribution in [-0.2, 0) is 0 Å². The number of nitriles is 1. The molecule has 2 aromatic rings. The highest BCUT2D eigenvalue weighted by Crippen LogP contribution is 2.24. The average Bonchev–Trinajstić information content (AvgIpc) is 2.46. The number of aromatic hydroxyl groups is 1. The third-order valence-electron chi connectivity index (χ3n) is 2.89. The molecule has 0 bridgehead atoms. The van der Waals surface area contributed by atoms with E-state index < -0.39 is 17.5 Å². The van der Waals surface area contributed by atoms with Crippen molar-refractivity contribution >= 4 is 11.6 Å². The predicted molar refractivity (Wildman–Crippen MR) is 72.0 cm³/mol. The molecule has 20 heavy (non-hydrogen) atoms. The third-order valence-corrected chi connectivity index (χ3v) is 2.89. The van der Waals surface area contributed by atoms with Crippen molar-refractivity contribution in [3.8, 4) is 11.8 Å². The SMILES string of the molecule is CN(C(=O)c1c(O)cccc1F)c1ccc(C#N)cc1. The van der Waals surface area contributed by atoms with Gasteiger partial charge in [0.15, 0.2) is 0 Å². The molecule has 1 N–H and O–H groups in total. The maximum atomic E-state index is 13.6. The van der Waals surface area contributed by atoms with Gasteiger partial charge in [0.2, 0.25) is 0 Å². The monoisotopic (exact) mass is 270 g/mol. The quantitative estimate of drug-likeness (QED) is 0.912. The number of carbonyl (C=O) groups is 1. The Hall–Kier alpha value is -2.87. The summed E-state index contributed by atoms with van der Waals surface area (Å²) in [6.07, 6.45) is 0. The third kappa shape index (κ3) is 2.45. The number of amides is 1. The number of hydrogen-bond acceptors (Lipinski definition) is 3. The van der Waals surface area contributed by atoms with Gasteiger partial charge in [-0.3, -0.25) is 4.79 Å². The molecule has 0 aliphatic heterocycles. The molecule has 100 valence electrons. The van der Waals surface area contributed by atoms with E-state index in [-0.39, 0.29) is 5.56 Å². The zero-order valence-corrected chi connectivity index (χ0v) is 10.7. The van der Waals surface area contributed by atoms with Crippen LogP contribution in [-0.4, -0.2) is 18.1 Å². The van der Waals surface area contributed by atoms with Crippen molar-refractivity contribution in [3.05, 3.63) is 59.4 Å². The van der Waals surface area contributed by atoms with Gasteiger partial charge in [-0.15, -0.1) is 0 Å². The molecule has 5 heteroatoms. The van der Waals surface area contributed by atoms with Gasteiger partial charge in [-0.05, 0) is 36.4 Å². The van der Waals surface area contributed by atoms with Gasteiger partial charge in [-0.2, -0.15) is 5.26 Å². The lowest BCUT2D eigenvalue weighted by Crippen LogP contribution is -2.27. The minimum atomic E-state index is -0.782. The van der Waals surface area contributed by atoms with Crippen molar-refractivity contribution in [1.82, 2.24) is 0 Å². The van der Waals surface area contributed by atoms with Crippen LogP contribution in [0.15, 0.2) is 42.5 Å². The van der Waals surface area contributed by atoms with Gasteiger partial charge in [0, 0.05) is 12.7 Å². The number of hydrogen-bond donors (Lipinski definition) is 1. The summed E-state index contributed by atoms with van der Waals surface area (Å²) in [5.74, 6) is -1.85. The Kier molecular flexibility index (Phi) is 3.67. The molecule has 0 aliphatic rings. The van der Waals surface area contributed by atoms with Crippen LogP contribution in [0.5, 0.6) is 5.75 Å². The van der Waals surface area contributed by atoms with E-state index in [2.05, 4.69) is 0 Å². The summed E-state index contributed by atoms with van der Waals surface area (Å²) in [5, 5.41) is 18.3. The van der Waals surface area contributed by atoms with Crippen LogP contribution in [0.2, 0.25) is 0 Å². The average molecular weight is 270 g/mol. The second-order valence-electron chi connectivity index (χ2n) is 4.16. The van der Waals surface area contributed by atoms with Gasteiger partial charge in [-0.1, -0.05) is 6.07 Å². The van der Waals surface area contributed by atoms with Crippen molar-refractivity contribution < 1.29 is 14.3 Å². The summed E-state index contributed by atoms with van der Waals surface area (Å²) >= 11 is 0. The number of nitrogens with zero attached hydrogens (tertiary/aromatic N) is 2. The summed E-state index contributed by atoms with van der Waals surface area (Å²) in [4.78, 5) is 13.4. The first kappa shape index (κ1) is 13.6. The molecule has 2 aromatic carbocycles. The van der Waals surface area contributed by atoms with Gasteiger partial charge in [0.1, 0.15) is 17.1 Å². The van der Waals surface area contributed by atoms with Crippen molar-refractivity contribution in [1.29, 1.82) is 5.26 Å². The van der Waals surface area contributed by atoms with Crippen molar-refractivity contribution in [2.75, 3.05) is 11.9 Å². The van der Waals surface area contributed by atoms with Crippen molar-refractivity contribution in [2.45, 2.75) is 0 Å². The largest absolute Gasteiger partial charge is 0.507 e. The number of rotatable bonds is 2. The zero-order valence-electron chi connectivity index (χ0n) is 10.7. The molecule has 0 radical (unpaired) electrons. The second kappa shape index (κ2) is 5.41. The summed E-state index contributed by atoms with van der Waals surface area (Å²) in [5.41, 5.74) is 0.583. The lowest BCUT2D eigenvalue weighted by atomic mass is 10.1. The van der Waals surface area contributed by atoms with Crippen molar-refractivity contribution in [3.63, 3.8) is 0 Å². The number of benzene rings is 2. The van der Waals surface area contributed by atoms with E-state index in [1.807, 2.05) is 6.07 Å². The van der Waals surface area contributed by atoms with Gasteiger partial charge in [0.05, 0.1) is 11.6 Å². The molecule has 0 heterocycles.